The normalized spacial score (nSPS) is 10.7. The maximum absolute atomic E-state index is 12.1. The molecule has 0 aliphatic heterocycles. The highest BCUT2D eigenvalue weighted by Crippen LogP contribution is 2.14. The molecule has 0 atom stereocenters. The number of benzene rings is 1. The van der Waals surface area contributed by atoms with Crippen LogP contribution >= 0.6 is 0 Å². The van der Waals surface area contributed by atoms with Crippen molar-refractivity contribution in [3.05, 3.63) is 53.9 Å². The zero-order chi connectivity index (χ0) is 13.9. The zero-order valence-corrected chi connectivity index (χ0v) is 10.6. The van der Waals surface area contributed by atoms with Crippen LogP contribution in [0.5, 0.6) is 0 Å². The number of carbonyl (C=O) groups is 1. The van der Waals surface area contributed by atoms with Crippen molar-refractivity contribution in [3.8, 4) is 0 Å². The number of aromatic nitrogens is 3. The summed E-state index contributed by atoms with van der Waals surface area (Å²) in [6.45, 7) is 0.297. The highest BCUT2D eigenvalue weighted by molar-refractivity contribution is 6.03. The van der Waals surface area contributed by atoms with Gasteiger partial charge < -0.3 is 10.7 Å². The number of nitrogens with two attached hydrogens (primary N) is 1. The van der Waals surface area contributed by atoms with E-state index in [1.807, 2.05) is 24.3 Å². The fourth-order valence-corrected chi connectivity index (χ4v) is 1.92. The van der Waals surface area contributed by atoms with Gasteiger partial charge in [0.05, 0.1) is 16.7 Å². The summed E-state index contributed by atoms with van der Waals surface area (Å²) in [5.74, 6) is 0.170. The van der Waals surface area contributed by atoms with Gasteiger partial charge in [0.25, 0.3) is 5.91 Å². The molecule has 0 saturated carbocycles. The minimum absolute atomic E-state index is 0.249. The Morgan fingerprint density at radius 3 is 2.95 bits per heavy atom. The second-order valence-corrected chi connectivity index (χ2v) is 4.30. The van der Waals surface area contributed by atoms with Crippen LogP contribution in [-0.2, 0) is 6.54 Å². The average Bonchev–Trinajstić information content (AvgIpc) is 2.89. The van der Waals surface area contributed by atoms with E-state index < -0.39 is 0 Å². The molecular weight excluding hydrogens is 254 g/mol. The number of fused-ring (bicyclic) bond motifs is 1. The molecule has 1 amide bonds. The summed E-state index contributed by atoms with van der Waals surface area (Å²) >= 11 is 0. The van der Waals surface area contributed by atoms with Crippen molar-refractivity contribution in [2.45, 2.75) is 6.54 Å². The van der Waals surface area contributed by atoms with Crippen molar-refractivity contribution in [2.75, 3.05) is 5.32 Å². The van der Waals surface area contributed by atoms with Crippen molar-refractivity contribution < 1.29 is 4.79 Å². The van der Waals surface area contributed by atoms with E-state index >= 15 is 0 Å². The van der Waals surface area contributed by atoms with Crippen LogP contribution in [-0.4, -0.2) is 20.9 Å². The van der Waals surface area contributed by atoms with Crippen molar-refractivity contribution in [1.82, 2.24) is 15.0 Å². The summed E-state index contributed by atoms with van der Waals surface area (Å²) in [5, 5.41) is 2.72. The van der Waals surface area contributed by atoms with E-state index in [0.717, 1.165) is 11.0 Å². The molecule has 0 saturated heterocycles. The average molecular weight is 267 g/mol. The van der Waals surface area contributed by atoms with Crippen LogP contribution < -0.4 is 11.1 Å². The molecule has 0 fully saturated rings. The molecule has 20 heavy (non-hydrogen) atoms. The van der Waals surface area contributed by atoms with Crippen LogP contribution in [0, 0.1) is 0 Å². The first-order chi connectivity index (χ1) is 9.76. The van der Waals surface area contributed by atoms with Gasteiger partial charge in [-0.3, -0.25) is 15.1 Å². The summed E-state index contributed by atoms with van der Waals surface area (Å²) in [4.78, 5) is 23.5. The van der Waals surface area contributed by atoms with Gasteiger partial charge in [0.15, 0.2) is 0 Å². The van der Waals surface area contributed by atoms with Gasteiger partial charge >= 0.3 is 0 Å². The molecule has 0 radical (unpaired) electrons. The monoisotopic (exact) mass is 267 g/mol. The lowest BCUT2D eigenvalue weighted by Gasteiger charge is -2.03. The Morgan fingerprint density at radius 2 is 2.15 bits per heavy atom. The lowest BCUT2D eigenvalue weighted by Crippen LogP contribution is -2.14. The number of carbonyl (C=O) groups excluding carboxylic acids is 1. The predicted octanol–water partition coefficient (Wildman–Crippen LogP) is 1.67. The molecule has 2 heterocycles. The molecule has 0 bridgehead atoms. The molecule has 4 N–H and O–H groups in total. The molecular formula is C14H13N5O. The molecule has 2 aromatic heterocycles. The number of hydrogen-bond acceptors (Lipinski definition) is 4. The van der Waals surface area contributed by atoms with Crippen LogP contribution in [0.4, 0.5) is 5.95 Å². The number of hydrogen-bond donors (Lipinski definition) is 3. The zero-order valence-electron chi connectivity index (χ0n) is 10.6. The number of imidazole rings is 1. The summed E-state index contributed by atoms with van der Waals surface area (Å²) in [7, 11) is 0. The Balaban J connectivity index is 1.84. The van der Waals surface area contributed by atoms with E-state index in [-0.39, 0.29) is 5.91 Å². The lowest BCUT2D eigenvalue weighted by molar-refractivity contribution is 0.102. The number of anilines is 1. The fraction of sp³-hybridized carbons (Fsp3) is 0.0714. The highest BCUT2D eigenvalue weighted by atomic mass is 16.1. The van der Waals surface area contributed by atoms with Gasteiger partial charge in [-0.2, -0.15) is 0 Å². The number of amides is 1. The van der Waals surface area contributed by atoms with Gasteiger partial charge in [-0.15, -0.1) is 0 Å². The molecule has 6 heteroatoms. The number of H-pyrrole nitrogens is 1. The Bertz CT molecular complexity index is 732. The second kappa shape index (κ2) is 5.10. The van der Waals surface area contributed by atoms with E-state index in [9.17, 15) is 4.79 Å². The van der Waals surface area contributed by atoms with Crippen LogP contribution in [0.3, 0.4) is 0 Å². The van der Waals surface area contributed by atoms with Crippen molar-refractivity contribution in [3.63, 3.8) is 0 Å². The number of rotatable bonds is 3. The third-order valence-electron chi connectivity index (χ3n) is 2.91. The summed E-state index contributed by atoms with van der Waals surface area (Å²) in [6.07, 6.45) is 1.57. The predicted molar refractivity (Wildman–Crippen MR) is 76.2 cm³/mol. The van der Waals surface area contributed by atoms with Gasteiger partial charge in [-0.05, 0) is 24.3 Å². The molecule has 100 valence electrons. The molecule has 0 unspecified atom stereocenters. The largest absolute Gasteiger partial charge is 0.325 e. The second-order valence-electron chi connectivity index (χ2n) is 4.30. The van der Waals surface area contributed by atoms with E-state index in [1.54, 1.807) is 18.3 Å². The number of aromatic amines is 1. The number of nitrogens with zero attached hydrogens (tertiary/aromatic N) is 2. The van der Waals surface area contributed by atoms with Gasteiger partial charge in [0, 0.05) is 18.3 Å². The number of pyridine rings is 1. The molecule has 3 aromatic rings. The van der Waals surface area contributed by atoms with Gasteiger partial charge in [-0.25, -0.2) is 4.98 Å². The fourth-order valence-electron chi connectivity index (χ4n) is 1.92. The topological polar surface area (TPSA) is 96.7 Å². The molecule has 3 rings (SSSR count). The first-order valence-corrected chi connectivity index (χ1v) is 6.17. The van der Waals surface area contributed by atoms with Crippen molar-refractivity contribution in [2.24, 2.45) is 5.73 Å². The maximum atomic E-state index is 12.1. The van der Waals surface area contributed by atoms with Crippen LogP contribution in [0.1, 0.15) is 16.1 Å². The third-order valence-corrected chi connectivity index (χ3v) is 2.91. The molecule has 0 spiro atoms. The van der Waals surface area contributed by atoms with Gasteiger partial charge in [0.1, 0.15) is 0 Å². The van der Waals surface area contributed by atoms with Gasteiger partial charge in [0.2, 0.25) is 5.95 Å². The van der Waals surface area contributed by atoms with E-state index in [1.165, 1.54) is 0 Å². The molecule has 0 aliphatic rings. The summed E-state index contributed by atoms with van der Waals surface area (Å²) in [6, 6.07) is 10.9. The minimum Gasteiger partial charge on any atom is -0.325 e. The first-order valence-electron chi connectivity index (χ1n) is 6.17. The summed E-state index contributed by atoms with van der Waals surface area (Å²) in [5.41, 5.74) is 8.36. The molecule has 6 nitrogen and oxygen atoms in total. The Kier molecular flexibility index (Phi) is 3.14. The highest BCUT2D eigenvalue weighted by Gasteiger charge is 2.09. The van der Waals surface area contributed by atoms with E-state index in [4.69, 9.17) is 5.73 Å². The van der Waals surface area contributed by atoms with Gasteiger partial charge in [-0.1, -0.05) is 12.1 Å². The Morgan fingerprint density at radius 1 is 1.30 bits per heavy atom. The van der Waals surface area contributed by atoms with Crippen molar-refractivity contribution in [1.29, 1.82) is 0 Å². The van der Waals surface area contributed by atoms with Crippen LogP contribution in [0.15, 0.2) is 42.6 Å². The van der Waals surface area contributed by atoms with E-state index in [0.29, 0.717) is 23.8 Å². The summed E-state index contributed by atoms with van der Waals surface area (Å²) < 4.78 is 0. The smallest absolute Gasteiger partial charge is 0.258 e. The van der Waals surface area contributed by atoms with Crippen LogP contribution in [0.25, 0.3) is 11.0 Å². The SMILES string of the molecule is NCc1cc(C(=O)Nc2nc3ccccc3[nH]2)ccn1. The molecule has 0 aliphatic carbocycles. The Hall–Kier alpha value is -2.73. The third kappa shape index (κ3) is 2.36. The van der Waals surface area contributed by atoms with E-state index in [2.05, 4.69) is 20.3 Å². The molecule has 1 aromatic carbocycles. The van der Waals surface area contributed by atoms with Crippen LogP contribution in [0.2, 0.25) is 0 Å². The van der Waals surface area contributed by atoms with Crippen molar-refractivity contribution >= 4 is 22.9 Å². The lowest BCUT2D eigenvalue weighted by atomic mass is 10.2. The Labute approximate surface area is 115 Å². The quantitative estimate of drug-likeness (QED) is 0.672. The standard InChI is InChI=1S/C14H13N5O/c15-8-10-7-9(5-6-16-10)13(20)19-14-17-11-3-1-2-4-12(11)18-14/h1-7H,8,15H2,(H2,17,18,19,20). The number of para-hydroxylation sites is 2. The number of nitrogens with one attached hydrogen (secondary N) is 2. The first kappa shape index (κ1) is 12.3. The maximum Gasteiger partial charge on any atom is 0.258 e. The minimum atomic E-state index is -0.249.